The second kappa shape index (κ2) is 9.58. The van der Waals surface area contributed by atoms with Gasteiger partial charge in [-0.05, 0) is 69.4 Å². The molecule has 1 unspecified atom stereocenters. The minimum Gasteiger partial charge on any atom is -0.0866 e. The third kappa shape index (κ3) is 4.71. The van der Waals surface area contributed by atoms with E-state index < -0.39 is 0 Å². The second-order valence-electron chi connectivity index (χ2n) is 9.53. The molecule has 2 aromatic rings. The van der Waals surface area contributed by atoms with Gasteiger partial charge in [-0.3, -0.25) is 0 Å². The molecule has 0 heterocycles. The van der Waals surface area contributed by atoms with E-state index in [4.69, 9.17) is 0 Å². The molecular formula is C27H39P. The first-order chi connectivity index (χ1) is 13.4. The summed E-state index contributed by atoms with van der Waals surface area (Å²) in [6.07, 6.45) is 7.17. The van der Waals surface area contributed by atoms with Crippen molar-refractivity contribution in [3.8, 4) is 11.1 Å². The summed E-state index contributed by atoms with van der Waals surface area (Å²) in [5, 5.41) is 1.71. The van der Waals surface area contributed by atoms with Crippen LogP contribution in [0.4, 0.5) is 0 Å². The third-order valence-electron chi connectivity index (χ3n) is 6.26. The highest BCUT2D eigenvalue weighted by molar-refractivity contribution is 7.48. The van der Waals surface area contributed by atoms with Crippen molar-refractivity contribution in [3.05, 3.63) is 53.1 Å². The molecule has 1 heteroatoms. The molecule has 0 bridgehead atoms. The van der Waals surface area contributed by atoms with Gasteiger partial charge in [0, 0.05) is 0 Å². The molecule has 28 heavy (non-hydrogen) atoms. The van der Waals surface area contributed by atoms with E-state index in [0.29, 0.717) is 17.8 Å². The van der Waals surface area contributed by atoms with Crippen molar-refractivity contribution in [2.45, 2.75) is 97.1 Å². The van der Waals surface area contributed by atoms with Gasteiger partial charge in [-0.1, -0.05) is 106 Å². The Bertz CT molecular complexity index is 765. The Labute approximate surface area is 175 Å². The summed E-state index contributed by atoms with van der Waals surface area (Å²) in [6, 6.07) is 13.7. The summed E-state index contributed by atoms with van der Waals surface area (Å²) >= 11 is 0. The Hall–Kier alpha value is -1.13. The van der Waals surface area contributed by atoms with Crippen LogP contribution >= 0.6 is 8.58 Å². The van der Waals surface area contributed by atoms with Gasteiger partial charge in [-0.25, -0.2) is 0 Å². The molecule has 1 aliphatic carbocycles. The topological polar surface area (TPSA) is 0 Å². The summed E-state index contributed by atoms with van der Waals surface area (Å²) in [7, 11) is 0.968. The standard InChI is InChI=1S/C27H39P/c1-18(2)23-17-24(19(3)4)27(28-22-15-11-8-12-16-22)25(20(5)6)26(23)21-13-9-7-10-14-21/h7,9-10,13-14,17-20,22,28H,8,11-12,15-16H2,1-6H3. The first-order valence-corrected chi connectivity index (χ1v) is 12.5. The van der Waals surface area contributed by atoms with Gasteiger partial charge < -0.3 is 0 Å². The molecule has 1 saturated carbocycles. The number of hydrogen-bond acceptors (Lipinski definition) is 0. The van der Waals surface area contributed by atoms with Gasteiger partial charge in [0.05, 0.1) is 0 Å². The summed E-state index contributed by atoms with van der Waals surface area (Å²) in [6.45, 7) is 14.3. The van der Waals surface area contributed by atoms with E-state index in [1.54, 1.807) is 16.4 Å². The molecule has 0 radical (unpaired) electrons. The number of rotatable bonds is 6. The maximum absolute atomic E-state index is 2.58. The Morgan fingerprint density at radius 1 is 0.750 bits per heavy atom. The SMILES string of the molecule is CC(C)c1cc(C(C)C)c(-c2ccccc2)c(C(C)C)c1PC1CCCCC1. The van der Waals surface area contributed by atoms with E-state index in [0.717, 1.165) is 14.2 Å². The van der Waals surface area contributed by atoms with E-state index in [2.05, 4.69) is 77.9 Å². The van der Waals surface area contributed by atoms with E-state index in [1.165, 1.54) is 48.8 Å². The normalized spacial score (nSPS) is 16.2. The van der Waals surface area contributed by atoms with Gasteiger partial charge >= 0.3 is 0 Å². The van der Waals surface area contributed by atoms with Crippen molar-refractivity contribution in [2.24, 2.45) is 0 Å². The van der Waals surface area contributed by atoms with Crippen molar-refractivity contribution in [1.82, 2.24) is 0 Å². The Morgan fingerprint density at radius 2 is 1.36 bits per heavy atom. The molecule has 0 spiro atoms. The van der Waals surface area contributed by atoms with Crippen molar-refractivity contribution in [3.63, 3.8) is 0 Å². The molecule has 1 aliphatic rings. The quantitative estimate of drug-likeness (QED) is 0.432. The van der Waals surface area contributed by atoms with Crippen LogP contribution in [0.25, 0.3) is 11.1 Å². The fraction of sp³-hybridized carbons (Fsp3) is 0.556. The highest BCUT2D eigenvalue weighted by atomic mass is 31.1. The molecule has 3 rings (SSSR count). The lowest BCUT2D eigenvalue weighted by Crippen LogP contribution is -2.21. The van der Waals surface area contributed by atoms with Crippen molar-refractivity contribution >= 4 is 13.9 Å². The monoisotopic (exact) mass is 394 g/mol. The van der Waals surface area contributed by atoms with Crippen LogP contribution in [0.3, 0.4) is 0 Å². The van der Waals surface area contributed by atoms with Gasteiger partial charge in [0.15, 0.2) is 0 Å². The summed E-state index contributed by atoms with van der Waals surface area (Å²) in [4.78, 5) is 0. The first kappa shape index (κ1) is 21.6. The highest BCUT2D eigenvalue weighted by Crippen LogP contribution is 2.43. The van der Waals surface area contributed by atoms with E-state index >= 15 is 0 Å². The second-order valence-corrected chi connectivity index (χ2v) is 11.1. The van der Waals surface area contributed by atoms with Crippen LogP contribution in [0.15, 0.2) is 36.4 Å². The zero-order chi connectivity index (χ0) is 20.3. The van der Waals surface area contributed by atoms with E-state index in [-0.39, 0.29) is 0 Å². The van der Waals surface area contributed by atoms with Crippen molar-refractivity contribution in [1.29, 1.82) is 0 Å². The minimum atomic E-state index is 0.539. The summed E-state index contributed by atoms with van der Waals surface area (Å²) < 4.78 is 0. The third-order valence-corrected chi connectivity index (χ3v) is 8.10. The average molecular weight is 395 g/mol. The van der Waals surface area contributed by atoms with Crippen molar-refractivity contribution < 1.29 is 0 Å². The molecule has 1 atom stereocenters. The Balaban J connectivity index is 2.26. The van der Waals surface area contributed by atoms with Crippen LogP contribution in [0.2, 0.25) is 0 Å². The lowest BCUT2D eigenvalue weighted by atomic mass is 9.81. The molecule has 0 amide bonds. The zero-order valence-electron chi connectivity index (χ0n) is 18.8. The van der Waals surface area contributed by atoms with Gasteiger partial charge in [-0.2, -0.15) is 0 Å². The zero-order valence-corrected chi connectivity index (χ0v) is 19.8. The van der Waals surface area contributed by atoms with Gasteiger partial charge in [0.25, 0.3) is 0 Å². The largest absolute Gasteiger partial charge is 0.0866 e. The molecule has 0 saturated heterocycles. The molecule has 152 valence electrons. The van der Waals surface area contributed by atoms with Gasteiger partial charge in [-0.15, -0.1) is 0 Å². The average Bonchev–Trinajstić information content (AvgIpc) is 2.68. The summed E-state index contributed by atoms with van der Waals surface area (Å²) in [5.74, 6) is 1.68. The molecule has 0 nitrogen and oxygen atoms in total. The predicted molar refractivity (Wildman–Crippen MR) is 129 cm³/mol. The summed E-state index contributed by atoms with van der Waals surface area (Å²) in [5.41, 5.74) is 8.64. The molecule has 0 N–H and O–H groups in total. The van der Waals surface area contributed by atoms with E-state index in [9.17, 15) is 0 Å². The maximum atomic E-state index is 2.58. The Kier molecular flexibility index (Phi) is 7.38. The lowest BCUT2D eigenvalue weighted by molar-refractivity contribution is 0.514. The molecule has 1 fully saturated rings. The van der Waals surface area contributed by atoms with Gasteiger partial charge in [0.1, 0.15) is 0 Å². The fourth-order valence-corrected chi connectivity index (χ4v) is 6.98. The smallest absolute Gasteiger partial charge is 0.0108 e. The maximum Gasteiger partial charge on any atom is -0.0108 e. The van der Waals surface area contributed by atoms with Crippen LogP contribution in [0.5, 0.6) is 0 Å². The highest BCUT2D eigenvalue weighted by Gasteiger charge is 2.26. The predicted octanol–water partition coefficient (Wildman–Crippen LogP) is 8.36. The molecule has 0 aliphatic heterocycles. The van der Waals surface area contributed by atoms with Crippen LogP contribution in [0, 0.1) is 0 Å². The molecular weight excluding hydrogens is 355 g/mol. The van der Waals surface area contributed by atoms with Crippen LogP contribution < -0.4 is 5.30 Å². The number of hydrogen-bond donors (Lipinski definition) is 0. The van der Waals surface area contributed by atoms with Crippen LogP contribution in [0.1, 0.15) is 108 Å². The minimum absolute atomic E-state index is 0.539. The van der Waals surface area contributed by atoms with Crippen molar-refractivity contribution in [2.75, 3.05) is 0 Å². The van der Waals surface area contributed by atoms with Crippen LogP contribution in [-0.4, -0.2) is 5.66 Å². The lowest BCUT2D eigenvalue weighted by Gasteiger charge is -2.31. The first-order valence-electron chi connectivity index (χ1n) is 11.4. The molecule has 0 aromatic heterocycles. The fourth-order valence-electron chi connectivity index (χ4n) is 4.78. The Morgan fingerprint density at radius 3 is 1.89 bits per heavy atom. The van der Waals surface area contributed by atoms with E-state index in [1.807, 2.05) is 0 Å². The number of benzene rings is 2. The van der Waals surface area contributed by atoms with Gasteiger partial charge in [0.2, 0.25) is 0 Å². The van der Waals surface area contributed by atoms with Crippen LogP contribution in [-0.2, 0) is 0 Å². The molecule has 2 aromatic carbocycles.